The Morgan fingerprint density at radius 1 is 1.38 bits per heavy atom. The third-order valence-corrected chi connectivity index (χ3v) is 2.40. The van der Waals surface area contributed by atoms with E-state index in [0.29, 0.717) is 16.9 Å². The molecule has 5 heteroatoms. The zero-order valence-electron chi connectivity index (χ0n) is 9.14. The number of hydrogen-bond donors (Lipinski definition) is 1. The molecule has 0 aliphatic carbocycles. The smallest absolute Gasteiger partial charge is 0.199 e. The van der Waals surface area contributed by atoms with Crippen LogP contribution in [-0.2, 0) is 7.05 Å². The lowest BCUT2D eigenvalue weighted by Gasteiger charge is -2.00. The van der Waals surface area contributed by atoms with Gasteiger partial charge in [-0.1, -0.05) is 0 Å². The number of nitrogens with two attached hydrogens (primary N) is 1. The van der Waals surface area contributed by atoms with Gasteiger partial charge in [-0.05, 0) is 19.1 Å². The van der Waals surface area contributed by atoms with E-state index < -0.39 is 0 Å². The van der Waals surface area contributed by atoms with Gasteiger partial charge >= 0.3 is 0 Å². The molecule has 0 atom stereocenters. The van der Waals surface area contributed by atoms with Gasteiger partial charge in [0.1, 0.15) is 5.82 Å². The first-order valence-corrected chi connectivity index (χ1v) is 4.84. The molecule has 0 unspecified atom stereocenters. The van der Waals surface area contributed by atoms with Gasteiger partial charge in [-0.15, -0.1) is 0 Å². The van der Waals surface area contributed by atoms with E-state index >= 15 is 0 Å². The number of hydrogen-bond acceptors (Lipinski definition) is 4. The molecule has 16 heavy (non-hydrogen) atoms. The second kappa shape index (κ2) is 3.77. The maximum Gasteiger partial charge on any atom is 0.199 e. The fourth-order valence-corrected chi connectivity index (χ4v) is 1.38. The molecule has 5 nitrogen and oxygen atoms in total. The summed E-state index contributed by atoms with van der Waals surface area (Å²) in [5.41, 5.74) is 7.53. The summed E-state index contributed by atoms with van der Waals surface area (Å²) in [7, 11) is 1.69. The molecule has 0 aromatic carbocycles. The SMILES string of the molecule is Cc1ccc(C(=O)c2cnn(C)c2N)cn1. The fourth-order valence-electron chi connectivity index (χ4n) is 1.38. The molecule has 2 heterocycles. The van der Waals surface area contributed by atoms with E-state index in [-0.39, 0.29) is 5.78 Å². The van der Waals surface area contributed by atoms with Crippen LogP contribution in [0.3, 0.4) is 0 Å². The number of nitrogens with zero attached hydrogens (tertiary/aromatic N) is 3. The second-order valence-electron chi connectivity index (χ2n) is 3.58. The molecule has 0 radical (unpaired) electrons. The Morgan fingerprint density at radius 2 is 2.12 bits per heavy atom. The summed E-state index contributed by atoms with van der Waals surface area (Å²) in [6.07, 6.45) is 3.02. The summed E-state index contributed by atoms with van der Waals surface area (Å²) < 4.78 is 1.47. The van der Waals surface area contributed by atoms with Crippen LogP contribution in [-0.4, -0.2) is 20.5 Å². The Bertz CT molecular complexity index is 527. The minimum Gasteiger partial charge on any atom is -0.383 e. The maximum absolute atomic E-state index is 12.0. The van der Waals surface area contributed by atoms with Crippen molar-refractivity contribution in [2.24, 2.45) is 7.05 Å². The van der Waals surface area contributed by atoms with E-state index in [1.165, 1.54) is 10.9 Å². The lowest BCUT2D eigenvalue weighted by atomic mass is 10.1. The Hall–Kier alpha value is -2.17. The van der Waals surface area contributed by atoms with Crippen molar-refractivity contribution in [2.45, 2.75) is 6.92 Å². The highest BCUT2D eigenvalue weighted by molar-refractivity contribution is 6.11. The molecule has 0 amide bonds. The number of nitrogen functional groups attached to an aromatic ring is 1. The topological polar surface area (TPSA) is 73.8 Å². The molecule has 0 spiro atoms. The van der Waals surface area contributed by atoms with Crippen LogP contribution in [0.15, 0.2) is 24.5 Å². The maximum atomic E-state index is 12.0. The quantitative estimate of drug-likeness (QED) is 0.758. The Morgan fingerprint density at radius 3 is 2.62 bits per heavy atom. The normalized spacial score (nSPS) is 10.4. The number of carbonyl (C=O) groups excluding carboxylic acids is 1. The standard InChI is InChI=1S/C11H12N4O/c1-7-3-4-8(5-13-7)10(16)9-6-14-15(2)11(9)12/h3-6H,12H2,1-2H3. The second-order valence-corrected chi connectivity index (χ2v) is 3.58. The molecular weight excluding hydrogens is 204 g/mol. The van der Waals surface area contributed by atoms with Crippen LogP contribution in [0.2, 0.25) is 0 Å². The molecule has 82 valence electrons. The van der Waals surface area contributed by atoms with Crippen molar-refractivity contribution >= 4 is 11.6 Å². The average Bonchev–Trinajstić information content (AvgIpc) is 2.60. The van der Waals surface area contributed by atoms with Crippen LogP contribution in [0.25, 0.3) is 0 Å². The summed E-state index contributed by atoms with van der Waals surface area (Å²) >= 11 is 0. The van der Waals surface area contributed by atoms with Gasteiger partial charge in [-0.25, -0.2) is 0 Å². The first-order chi connectivity index (χ1) is 7.59. The van der Waals surface area contributed by atoms with Gasteiger partial charge in [0.25, 0.3) is 0 Å². The predicted octanol–water partition coefficient (Wildman–Crippen LogP) is 0.937. The van der Waals surface area contributed by atoms with Gasteiger partial charge in [0.2, 0.25) is 0 Å². The van der Waals surface area contributed by atoms with Crippen molar-refractivity contribution in [2.75, 3.05) is 5.73 Å². The van der Waals surface area contributed by atoms with Crippen molar-refractivity contribution in [3.8, 4) is 0 Å². The molecule has 2 aromatic heterocycles. The van der Waals surface area contributed by atoms with Crippen molar-refractivity contribution in [3.05, 3.63) is 41.3 Å². The predicted molar refractivity (Wildman–Crippen MR) is 60.0 cm³/mol. The number of aryl methyl sites for hydroxylation is 2. The van der Waals surface area contributed by atoms with Gasteiger partial charge in [0, 0.05) is 24.5 Å². The van der Waals surface area contributed by atoms with Crippen molar-refractivity contribution < 1.29 is 4.79 Å². The number of carbonyl (C=O) groups is 1. The van der Waals surface area contributed by atoms with E-state index in [2.05, 4.69) is 10.1 Å². The summed E-state index contributed by atoms with van der Waals surface area (Å²) in [5, 5.41) is 3.93. The summed E-state index contributed by atoms with van der Waals surface area (Å²) in [6.45, 7) is 1.87. The van der Waals surface area contributed by atoms with E-state index in [1.807, 2.05) is 6.92 Å². The minimum atomic E-state index is -0.155. The van der Waals surface area contributed by atoms with Crippen LogP contribution in [0, 0.1) is 6.92 Å². The number of anilines is 1. The van der Waals surface area contributed by atoms with Gasteiger partial charge in [0.05, 0.1) is 11.8 Å². The summed E-state index contributed by atoms with van der Waals surface area (Å²) in [6, 6.07) is 3.52. The number of rotatable bonds is 2. The molecule has 0 aliphatic heterocycles. The minimum absolute atomic E-state index is 0.155. The highest BCUT2D eigenvalue weighted by Gasteiger charge is 2.15. The largest absolute Gasteiger partial charge is 0.383 e. The highest BCUT2D eigenvalue weighted by Crippen LogP contribution is 2.14. The molecule has 0 bridgehead atoms. The number of aromatic nitrogens is 3. The van der Waals surface area contributed by atoms with E-state index in [0.717, 1.165) is 5.69 Å². The Kier molecular flexibility index (Phi) is 2.44. The molecule has 2 rings (SSSR count). The Labute approximate surface area is 92.9 Å². The van der Waals surface area contributed by atoms with Gasteiger partial charge in [-0.2, -0.15) is 5.10 Å². The molecule has 0 fully saturated rings. The van der Waals surface area contributed by atoms with Crippen LogP contribution < -0.4 is 5.73 Å². The monoisotopic (exact) mass is 216 g/mol. The fraction of sp³-hybridized carbons (Fsp3) is 0.182. The Balaban J connectivity index is 2.39. The van der Waals surface area contributed by atoms with Gasteiger partial charge < -0.3 is 5.73 Å². The number of ketones is 1. The van der Waals surface area contributed by atoms with E-state index in [9.17, 15) is 4.79 Å². The zero-order chi connectivity index (χ0) is 11.7. The van der Waals surface area contributed by atoms with Crippen LogP contribution >= 0.6 is 0 Å². The van der Waals surface area contributed by atoms with Crippen LogP contribution in [0.1, 0.15) is 21.6 Å². The molecule has 0 saturated carbocycles. The zero-order valence-corrected chi connectivity index (χ0v) is 9.14. The van der Waals surface area contributed by atoms with Crippen LogP contribution in [0.5, 0.6) is 0 Å². The molecule has 0 aliphatic rings. The highest BCUT2D eigenvalue weighted by atomic mass is 16.1. The van der Waals surface area contributed by atoms with Crippen molar-refractivity contribution in [1.29, 1.82) is 0 Å². The third kappa shape index (κ3) is 1.67. The van der Waals surface area contributed by atoms with Crippen LogP contribution in [0.4, 0.5) is 5.82 Å². The van der Waals surface area contributed by atoms with E-state index in [1.54, 1.807) is 25.4 Å². The molecule has 0 saturated heterocycles. The van der Waals surface area contributed by atoms with Crippen molar-refractivity contribution in [3.63, 3.8) is 0 Å². The van der Waals surface area contributed by atoms with Crippen molar-refractivity contribution in [1.82, 2.24) is 14.8 Å². The lowest BCUT2D eigenvalue weighted by molar-refractivity contribution is 0.103. The lowest BCUT2D eigenvalue weighted by Crippen LogP contribution is -2.06. The average molecular weight is 216 g/mol. The first-order valence-electron chi connectivity index (χ1n) is 4.84. The third-order valence-electron chi connectivity index (χ3n) is 2.40. The number of pyridine rings is 1. The summed E-state index contributed by atoms with van der Waals surface area (Å²) in [4.78, 5) is 16.1. The first kappa shape index (κ1) is 10.4. The van der Waals surface area contributed by atoms with E-state index in [4.69, 9.17) is 5.73 Å². The molecule has 2 N–H and O–H groups in total. The summed E-state index contributed by atoms with van der Waals surface area (Å²) in [5.74, 6) is 0.212. The van der Waals surface area contributed by atoms with Gasteiger partial charge in [0.15, 0.2) is 5.78 Å². The molecular formula is C11H12N4O. The molecule has 2 aromatic rings. The van der Waals surface area contributed by atoms with Gasteiger partial charge in [-0.3, -0.25) is 14.5 Å².